The highest BCUT2D eigenvalue weighted by molar-refractivity contribution is 7.02. The minimum atomic E-state index is -2.42. The van der Waals surface area contributed by atoms with Crippen molar-refractivity contribution in [3.8, 4) is 22.3 Å². The highest BCUT2D eigenvalue weighted by Gasteiger charge is 2.41. The molecule has 4 aromatic carbocycles. The van der Waals surface area contributed by atoms with Crippen LogP contribution in [0.3, 0.4) is 0 Å². The largest absolute Gasteiger partial charge is 0.247 e. The molecule has 2 aliphatic carbocycles. The first kappa shape index (κ1) is 27.9. The van der Waals surface area contributed by atoms with Crippen molar-refractivity contribution in [3.63, 3.8) is 0 Å². The molecule has 4 aliphatic rings. The minimum absolute atomic E-state index is 1.10. The van der Waals surface area contributed by atoms with Gasteiger partial charge in [0.15, 0.2) is 0 Å². The molecule has 220 valence electrons. The monoisotopic (exact) mass is 598 g/mol. The molecule has 0 spiro atoms. The van der Waals surface area contributed by atoms with Gasteiger partial charge in [-0.3, -0.25) is 0 Å². The van der Waals surface area contributed by atoms with Gasteiger partial charge in [0.2, 0.25) is 0 Å². The van der Waals surface area contributed by atoms with Crippen molar-refractivity contribution in [1.82, 2.24) is 0 Å². The Labute approximate surface area is 268 Å². The lowest BCUT2D eigenvalue weighted by Gasteiger charge is -2.34. The molecule has 0 bridgehead atoms. The lowest BCUT2D eigenvalue weighted by molar-refractivity contribution is 1.40. The summed E-state index contributed by atoms with van der Waals surface area (Å²) < 4.78 is 0. The zero-order valence-electron chi connectivity index (χ0n) is 27.5. The molecule has 2 aliphatic heterocycles. The SMILES string of the molecule is CC1=C(C)C2=Nc3cc(C)c([Si](C)(C)c4c(C)cc5c(c4-c4ccccc4)C4=CC(C)=C(C)C4=N5)c(-c4ccccc4)c3C2=C1. The molecule has 2 heterocycles. The van der Waals surface area contributed by atoms with Crippen LogP contribution in [0, 0.1) is 13.8 Å². The highest BCUT2D eigenvalue weighted by atomic mass is 28.3. The van der Waals surface area contributed by atoms with Gasteiger partial charge in [-0.15, -0.1) is 0 Å². The maximum absolute atomic E-state index is 5.25. The van der Waals surface area contributed by atoms with E-state index in [1.165, 1.54) is 88.3 Å². The van der Waals surface area contributed by atoms with Crippen molar-refractivity contribution >= 4 is 52.4 Å². The van der Waals surface area contributed by atoms with Crippen molar-refractivity contribution in [3.05, 3.63) is 129 Å². The first-order chi connectivity index (χ1) is 21.6. The fourth-order valence-corrected chi connectivity index (χ4v) is 12.5. The summed E-state index contributed by atoms with van der Waals surface area (Å²) in [5.41, 5.74) is 22.8. The summed E-state index contributed by atoms with van der Waals surface area (Å²) >= 11 is 0. The first-order valence-corrected chi connectivity index (χ1v) is 19.0. The van der Waals surface area contributed by atoms with Gasteiger partial charge in [0.1, 0.15) is 8.07 Å². The smallest absolute Gasteiger partial charge is 0.114 e. The third-order valence-electron chi connectivity index (χ3n) is 10.5. The Morgan fingerprint density at radius 2 is 0.867 bits per heavy atom. The van der Waals surface area contributed by atoms with Crippen LogP contribution in [0.2, 0.25) is 13.1 Å². The second kappa shape index (κ2) is 9.70. The Balaban J connectivity index is 1.46. The van der Waals surface area contributed by atoms with E-state index in [4.69, 9.17) is 9.98 Å². The molecule has 0 radical (unpaired) electrons. The Hall–Kier alpha value is -4.60. The second-order valence-electron chi connectivity index (χ2n) is 13.7. The molecule has 45 heavy (non-hydrogen) atoms. The van der Waals surface area contributed by atoms with Gasteiger partial charge in [-0.05, 0) is 132 Å². The average Bonchev–Trinajstić information content (AvgIpc) is 3.72. The number of hydrogen-bond donors (Lipinski definition) is 0. The molecular formula is C42H38N2Si. The Morgan fingerprint density at radius 1 is 0.489 bits per heavy atom. The number of hydrogen-bond acceptors (Lipinski definition) is 2. The standard InChI is InChI=1S/C42H38N2Si/c1-23-19-31-37-33(43-39(31)27(23)5)21-25(3)41(35(37)29-15-11-9-12-16-29)45(7,8)42-26(4)22-34-38(36(42)30-17-13-10-14-18-30)32-20-24(2)28(6)40(32)44-34/h9-22H,1-8H3. The predicted molar refractivity (Wildman–Crippen MR) is 197 cm³/mol. The first-order valence-electron chi connectivity index (χ1n) is 16.0. The van der Waals surface area contributed by atoms with Gasteiger partial charge in [-0.25, -0.2) is 9.98 Å². The number of benzene rings is 4. The van der Waals surface area contributed by atoms with Gasteiger partial charge in [-0.2, -0.15) is 0 Å². The molecule has 0 N–H and O–H groups in total. The normalized spacial score (nSPS) is 16.4. The minimum Gasteiger partial charge on any atom is -0.247 e. The van der Waals surface area contributed by atoms with Crippen LogP contribution in [0.15, 0.2) is 117 Å². The average molecular weight is 599 g/mol. The molecule has 0 saturated heterocycles. The van der Waals surface area contributed by atoms with Crippen molar-refractivity contribution in [2.75, 3.05) is 0 Å². The summed E-state index contributed by atoms with van der Waals surface area (Å²) in [5, 5.41) is 2.99. The summed E-state index contributed by atoms with van der Waals surface area (Å²) in [6.07, 6.45) is 4.72. The predicted octanol–water partition coefficient (Wildman–Crippen LogP) is 10.1. The maximum Gasteiger partial charge on any atom is 0.114 e. The van der Waals surface area contributed by atoms with Gasteiger partial charge in [0.25, 0.3) is 0 Å². The lowest BCUT2D eigenvalue weighted by atomic mass is 9.91. The van der Waals surface area contributed by atoms with Crippen molar-refractivity contribution in [2.45, 2.75) is 54.6 Å². The number of fused-ring (bicyclic) bond motifs is 6. The van der Waals surface area contributed by atoms with Gasteiger partial charge < -0.3 is 0 Å². The van der Waals surface area contributed by atoms with Crippen LogP contribution in [0.5, 0.6) is 0 Å². The molecule has 4 aromatic rings. The van der Waals surface area contributed by atoms with Gasteiger partial charge in [0, 0.05) is 22.3 Å². The summed E-state index contributed by atoms with van der Waals surface area (Å²) in [5.74, 6) is 0. The molecule has 3 heteroatoms. The number of allylic oxidation sites excluding steroid dienone is 8. The molecule has 0 amide bonds. The van der Waals surface area contributed by atoms with Crippen LogP contribution in [0.1, 0.15) is 49.9 Å². The van der Waals surface area contributed by atoms with Crippen molar-refractivity contribution < 1.29 is 0 Å². The maximum atomic E-state index is 5.25. The molecular weight excluding hydrogens is 561 g/mol. The Morgan fingerprint density at radius 3 is 1.24 bits per heavy atom. The van der Waals surface area contributed by atoms with Crippen LogP contribution in [-0.2, 0) is 0 Å². The third kappa shape index (κ3) is 3.86. The van der Waals surface area contributed by atoms with E-state index >= 15 is 0 Å². The Kier molecular flexibility index (Phi) is 6.01. The molecule has 0 unspecified atom stereocenters. The summed E-state index contributed by atoms with van der Waals surface area (Å²) in [7, 11) is -2.42. The molecule has 0 aromatic heterocycles. The van der Waals surface area contributed by atoms with Crippen LogP contribution < -0.4 is 10.4 Å². The number of nitrogens with zero attached hydrogens (tertiary/aromatic N) is 2. The van der Waals surface area contributed by atoms with E-state index in [2.05, 4.69) is 140 Å². The van der Waals surface area contributed by atoms with Crippen LogP contribution in [0.25, 0.3) is 33.4 Å². The van der Waals surface area contributed by atoms with Crippen LogP contribution in [0.4, 0.5) is 11.4 Å². The van der Waals surface area contributed by atoms with E-state index in [1.54, 1.807) is 0 Å². The quantitative estimate of drug-likeness (QED) is 0.209. The molecule has 8 rings (SSSR count). The third-order valence-corrected chi connectivity index (χ3v) is 14.3. The number of aryl methyl sites for hydroxylation is 2. The van der Waals surface area contributed by atoms with E-state index in [1.807, 2.05) is 0 Å². The zero-order valence-corrected chi connectivity index (χ0v) is 28.5. The number of aliphatic imine (C=N–C) groups is 2. The second-order valence-corrected chi connectivity index (χ2v) is 17.9. The van der Waals surface area contributed by atoms with E-state index in [9.17, 15) is 0 Å². The zero-order chi connectivity index (χ0) is 31.4. The van der Waals surface area contributed by atoms with Gasteiger partial charge >= 0.3 is 0 Å². The fourth-order valence-electron chi connectivity index (χ4n) is 8.32. The lowest BCUT2D eigenvalue weighted by Crippen LogP contribution is -2.56. The highest BCUT2D eigenvalue weighted by Crippen LogP contribution is 2.49. The van der Waals surface area contributed by atoms with E-state index < -0.39 is 8.07 Å². The van der Waals surface area contributed by atoms with E-state index in [0.717, 1.165) is 22.8 Å². The molecule has 2 nitrogen and oxygen atoms in total. The van der Waals surface area contributed by atoms with Crippen molar-refractivity contribution in [1.29, 1.82) is 0 Å². The summed E-state index contributed by atoms with van der Waals surface area (Å²) in [6, 6.07) is 26.8. The molecule has 0 fully saturated rings. The Bertz CT molecular complexity index is 2040. The topological polar surface area (TPSA) is 24.7 Å². The van der Waals surface area contributed by atoms with Crippen LogP contribution >= 0.6 is 0 Å². The summed E-state index contributed by atoms with van der Waals surface area (Å²) in [4.78, 5) is 10.5. The fraction of sp³-hybridized carbons (Fsp3) is 0.190. The van der Waals surface area contributed by atoms with E-state index in [0.29, 0.717) is 0 Å². The van der Waals surface area contributed by atoms with Gasteiger partial charge in [-0.1, -0.05) is 73.8 Å². The number of rotatable bonds is 4. The molecule has 0 saturated carbocycles. The molecule has 0 atom stereocenters. The summed E-state index contributed by atoms with van der Waals surface area (Å²) in [6.45, 7) is 18.6. The van der Waals surface area contributed by atoms with Crippen LogP contribution in [-0.4, -0.2) is 19.5 Å². The van der Waals surface area contributed by atoms with E-state index in [-0.39, 0.29) is 0 Å². The van der Waals surface area contributed by atoms with Crippen molar-refractivity contribution in [2.24, 2.45) is 9.98 Å². The van der Waals surface area contributed by atoms with Gasteiger partial charge in [0.05, 0.1) is 22.8 Å².